The summed E-state index contributed by atoms with van der Waals surface area (Å²) in [4.78, 5) is 0. The summed E-state index contributed by atoms with van der Waals surface area (Å²) in [7, 11) is 5.33. The first-order chi connectivity index (χ1) is 12.8. The summed E-state index contributed by atoms with van der Waals surface area (Å²) in [5, 5.41) is 24.4. The fourth-order valence-electron chi connectivity index (χ4n) is 6.08. The Morgan fingerprint density at radius 1 is 1.26 bits per heavy atom. The first kappa shape index (κ1) is 21.0. The molecule has 2 fully saturated rings. The van der Waals surface area contributed by atoms with Gasteiger partial charge < -0.3 is 20.3 Å². The SMILES string of the molecule is CNC.COC1C(F)CC2C1(C)CC=C1C=C3CC(O)CCC3CC[C@@]12O. The standard InChI is InChI=1S/C20H29FO3.C2H7N/c1-19-7-6-14-9-13-10-15(22)4-3-12(13)5-8-20(14,23)17(19)11-16(21)18(19)24-2;1-3-2/h6,9,12,15-18,22-23H,3-5,7-8,10-11H2,1-2H3;3H,1-2H3/t12?,15?,16?,17?,18?,19?,20-;/m1./s1. The zero-order valence-electron chi connectivity index (χ0n) is 17.2. The number of hydrogen-bond acceptors (Lipinski definition) is 4. The molecule has 4 rings (SSSR count). The summed E-state index contributed by atoms with van der Waals surface area (Å²) in [6, 6.07) is 0. The molecule has 27 heavy (non-hydrogen) atoms. The van der Waals surface area contributed by atoms with Gasteiger partial charge in [-0.15, -0.1) is 0 Å². The fourth-order valence-corrected chi connectivity index (χ4v) is 6.08. The molecule has 7 atom stereocenters. The summed E-state index contributed by atoms with van der Waals surface area (Å²) in [6.45, 7) is 2.07. The molecular formula is C22H36FNO3. The van der Waals surface area contributed by atoms with Gasteiger partial charge in [0, 0.05) is 18.4 Å². The molecule has 154 valence electrons. The monoisotopic (exact) mass is 381 g/mol. The van der Waals surface area contributed by atoms with E-state index in [-0.39, 0.29) is 17.4 Å². The van der Waals surface area contributed by atoms with E-state index < -0.39 is 17.9 Å². The maximum atomic E-state index is 14.6. The van der Waals surface area contributed by atoms with Crippen LogP contribution in [0.3, 0.4) is 0 Å². The van der Waals surface area contributed by atoms with Crippen LogP contribution >= 0.6 is 0 Å². The van der Waals surface area contributed by atoms with Gasteiger partial charge in [-0.1, -0.05) is 24.6 Å². The van der Waals surface area contributed by atoms with E-state index in [0.29, 0.717) is 25.2 Å². The highest BCUT2D eigenvalue weighted by atomic mass is 19.1. The van der Waals surface area contributed by atoms with Crippen molar-refractivity contribution in [3.63, 3.8) is 0 Å². The molecule has 4 aliphatic carbocycles. The number of rotatable bonds is 1. The third kappa shape index (κ3) is 3.52. The number of halogens is 1. The van der Waals surface area contributed by atoms with E-state index in [4.69, 9.17) is 4.74 Å². The van der Waals surface area contributed by atoms with Crippen molar-refractivity contribution in [3.05, 3.63) is 23.3 Å². The number of hydrogen-bond donors (Lipinski definition) is 3. The number of aliphatic hydroxyl groups is 2. The zero-order valence-corrected chi connectivity index (χ0v) is 17.2. The second-order valence-electron chi connectivity index (χ2n) is 9.14. The Morgan fingerprint density at radius 3 is 2.63 bits per heavy atom. The third-order valence-electron chi connectivity index (χ3n) is 7.39. The second kappa shape index (κ2) is 7.94. The summed E-state index contributed by atoms with van der Waals surface area (Å²) in [6.07, 6.45) is 7.81. The molecule has 0 aliphatic heterocycles. The molecule has 0 aromatic carbocycles. The Hall–Kier alpha value is -0.750. The number of fused-ring (bicyclic) bond motifs is 4. The molecule has 0 spiro atoms. The quantitative estimate of drug-likeness (QED) is 0.653. The number of alkyl halides is 1. The van der Waals surface area contributed by atoms with Gasteiger partial charge in [0.2, 0.25) is 0 Å². The minimum Gasteiger partial charge on any atom is -0.393 e. The van der Waals surface area contributed by atoms with Crippen LogP contribution in [0.25, 0.3) is 0 Å². The topological polar surface area (TPSA) is 61.7 Å². The van der Waals surface area contributed by atoms with Crippen LogP contribution in [0.5, 0.6) is 0 Å². The van der Waals surface area contributed by atoms with E-state index in [9.17, 15) is 14.6 Å². The van der Waals surface area contributed by atoms with Gasteiger partial charge in [0.15, 0.2) is 0 Å². The average Bonchev–Trinajstić information content (AvgIpc) is 2.79. The van der Waals surface area contributed by atoms with Crippen LogP contribution < -0.4 is 5.32 Å². The smallest absolute Gasteiger partial charge is 0.127 e. The molecule has 0 radical (unpaired) electrons. The third-order valence-corrected chi connectivity index (χ3v) is 7.39. The van der Waals surface area contributed by atoms with E-state index in [2.05, 4.69) is 24.4 Å². The lowest BCUT2D eigenvalue weighted by Gasteiger charge is -2.48. The number of aliphatic hydroxyl groups excluding tert-OH is 1. The second-order valence-corrected chi connectivity index (χ2v) is 9.14. The number of allylic oxidation sites excluding steroid dienone is 1. The maximum Gasteiger partial charge on any atom is 0.127 e. The fraction of sp³-hybridized carbons (Fsp3) is 0.818. The van der Waals surface area contributed by atoms with E-state index in [1.165, 1.54) is 5.57 Å². The van der Waals surface area contributed by atoms with Crippen molar-refractivity contribution >= 4 is 0 Å². The highest BCUT2D eigenvalue weighted by molar-refractivity contribution is 5.40. The first-order valence-electron chi connectivity index (χ1n) is 10.4. The lowest BCUT2D eigenvalue weighted by atomic mass is 9.60. The van der Waals surface area contributed by atoms with Crippen molar-refractivity contribution < 1.29 is 19.3 Å². The summed E-state index contributed by atoms with van der Waals surface area (Å²) >= 11 is 0. The highest BCUT2D eigenvalue weighted by Crippen LogP contribution is 2.60. The molecule has 0 saturated heterocycles. The van der Waals surface area contributed by atoms with Crippen molar-refractivity contribution in [2.75, 3.05) is 21.2 Å². The Morgan fingerprint density at radius 2 is 1.96 bits per heavy atom. The predicted octanol–water partition coefficient (Wildman–Crippen LogP) is 3.14. The Balaban J connectivity index is 0.000000659. The van der Waals surface area contributed by atoms with Crippen molar-refractivity contribution in [1.29, 1.82) is 0 Å². The van der Waals surface area contributed by atoms with E-state index in [1.54, 1.807) is 7.11 Å². The summed E-state index contributed by atoms with van der Waals surface area (Å²) < 4.78 is 20.1. The molecule has 6 unspecified atom stereocenters. The number of nitrogens with one attached hydrogen (secondary N) is 1. The maximum absolute atomic E-state index is 14.6. The molecule has 4 nitrogen and oxygen atoms in total. The van der Waals surface area contributed by atoms with Gasteiger partial charge in [0.1, 0.15) is 6.17 Å². The molecule has 3 N–H and O–H groups in total. The van der Waals surface area contributed by atoms with Gasteiger partial charge in [-0.05, 0) is 70.5 Å². The van der Waals surface area contributed by atoms with Gasteiger partial charge in [0.05, 0.1) is 17.8 Å². The molecule has 0 amide bonds. The molecule has 0 aromatic heterocycles. The van der Waals surface area contributed by atoms with Gasteiger partial charge in [-0.3, -0.25) is 0 Å². The number of ether oxygens (including phenoxy) is 1. The van der Waals surface area contributed by atoms with Gasteiger partial charge in [-0.25, -0.2) is 4.39 Å². The van der Waals surface area contributed by atoms with Crippen LogP contribution in [0.15, 0.2) is 23.3 Å². The van der Waals surface area contributed by atoms with Crippen LogP contribution in [0.1, 0.15) is 51.9 Å². The molecule has 2 saturated carbocycles. The summed E-state index contributed by atoms with van der Waals surface area (Å²) in [5.41, 5.74) is 0.929. The van der Waals surface area contributed by atoms with E-state index >= 15 is 0 Å². The normalized spacial score (nSPS) is 46.0. The van der Waals surface area contributed by atoms with Crippen molar-refractivity contribution in [1.82, 2.24) is 5.32 Å². The van der Waals surface area contributed by atoms with Crippen molar-refractivity contribution in [2.24, 2.45) is 17.3 Å². The zero-order chi connectivity index (χ0) is 19.8. The minimum atomic E-state index is -1.01. The Labute approximate surface area is 162 Å². The predicted molar refractivity (Wildman–Crippen MR) is 105 cm³/mol. The Bertz CT molecular complexity index is 606. The summed E-state index contributed by atoms with van der Waals surface area (Å²) in [5.74, 6) is 0.350. The minimum absolute atomic E-state index is 0.105. The Kier molecular flexibility index (Phi) is 6.17. The van der Waals surface area contributed by atoms with Crippen LogP contribution in [0.2, 0.25) is 0 Å². The van der Waals surface area contributed by atoms with Gasteiger partial charge >= 0.3 is 0 Å². The highest BCUT2D eigenvalue weighted by Gasteiger charge is 2.62. The van der Waals surface area contributed by atoms with Crippen LogP contribution in [-0.2, 0) is 4.74 Å². The molecular weight excluding hydrogens is 345 g/mol. The lowest BCUT2D eigenvalue weighted by Crippen LogP contribution is -2.51. The molecule has 4 aliphatic rings. The van der Waals surface area contributed by atoms with Crippen LogP contribution in [0.4, 0.5) is 4.39 Å². The van der Waals surface area contributed by atoms with Crippen molar-refractivity contribution in [3.8, 4) is 0 Å². The van der Waals surface area contributed by atoms with Crippen molar-refractivity contribution in [2.45, 2.75) is 75.9 Å². The van der Waals surface area contributed by atoms with Gasteiger partial charge in [-0.2, -0.15) is 0 Å². The lowest BCUT2D eigenvalue weighted by molar-refractivity contribution is -0.0861. The average molecular weight is 382 g/mol. The van der Waals surface area contributed by atoms with Crippen LogP contribution in [0, 0.1) is 17.3 Å². The molecule has 0 heterocycles. The largest absolute Gasteiger partial charge is 0.393 e. The molecule has 0 aromatic rings. The van der Waals surface area contributed by atoms with Crippen LogP contribution in [-0.4, -0.2) is 55.4 Å². The van der Waals surface area contributed by atoms with E-state index in [1.807, 2.05) is 14.1 Å². The number of methoxy groups -OCH3 is 1. The first-order valence-corrected chi connectivity index (χ1v) is 10.4. The molecule has 0 bridgehead atoms. The van der Waals surface area contributed by atoms with E-state index in [0.717, 1.165) is 31.3 Å². The van der Waals surface area contributed by atoms with Gasteiger partial charge in [0.25, 0.3) is 0 Å². The molecule has 5 heteroatoms.